The van der Waals surface area contributed by atoms with Crippen molar-refractivity contribution >= 4 is 11.9 Å². The number of methoxy groups -OCH3 is 1. The van der Waals surface area contributed by atoms with E-state index in [4.69, 9.17) is 9.57 Å². The molecule has 0 bridgehead atoms. The molecule has 168 valence electrons. The maximum absolute atomic E-state index is 13.5. The average molecular weight is 445 g/mol. The highest BCUT2D eigenvalue weighted by Crippen LogP contribution is 2.40. The summed E-state index contributed by atoms with van der Waals surface area (Å²) in [6.45, 7) is 0.379. The topological polar surface area (TPSA) is 67.2 Å². The number of oxime groups is 1. The molecule has 6 nitrogen and oxygen atoms in total. The summed E-state index contributed by atoms with van der Waals surface area (Å²) in [4.78, 5) is 12.0. The molecule has 33 heavy (non-hydrogen) atoms. The highest BCUT2D eigenvalue weighted by atomic mass is 19.1. The predicted molar refractivity (Wildman–Crippen MR) is 124 cm³/mol. The van der Waals surface area contributed by atoms with Gasteiger partial charge in [0, 0.05) is 35.6 Å². The van der Waals surface area contributed by atoms with Gasteiger partial charge in [0.25, 0.3) is 5.72 Å². The van der Waals surface area contributed by atoms with Gasteiger partial charge >= 0.3 is 0 Å². The van der Waals surface area contributed by atoms with Gasteiger partial charge in [-0.3, -0.25) is 4.98 Å². The number of ether oxygens (including phenoxy) is 1. The molecule has 3 heterocycles. The highest BCUT2D eigenvalue weighted by Gasteiger charge is 2.49. The number of aliphatic hydroxyl groups excluding tert-OH is 1. The van der Waals surface area contributed by atoms with E-state index >= 15 is 0 Å². The lowest BCUT2D eigenvalue weighted by Gasteiger charge is -2.38. The van der Waals surface area contributed by atoms with E-state index in [1.165, 1.54) is 12.1 Å². The molecule has 7 heteroatoms. The Kier molecular flexibility index (Phi) is 5.56. The van der Waals surface area contributed by atoms with Gasteiger partial charge in [-0.05, 0) is 66.5 Å². The van der Waals surface area contributed by atoms with Crippen molar-refractivity contribution in [3.05, 3.63) is 89.5 Å². The first-order valence-electron chi connectivity index (χ1n) is 10.8. The van der Waals surface area contributed by atoms with Crippen LogP contribution in [0, 0.1) is 5.82 Å². The Hall–Kier alpha value is -3.71. The van der Waals surface area contributed by atoms with Gasteiger partial charge in [0.15, 0.2) is 5.84 Å². The van der Waals surface area contributed by atoms with Crippen molar-refractivity contribution in [2.24, 2.45) is 5.16 Å². The molecule has 2 aliphatic heterocycles. The second kappa shape index (κ2) is 8.67. The van der Waals surface area contributed by atoms with Crippen LogP contribution in [0.15, 0.2) is 77.7 Å². The van der Waals surface area contributed by atoms with Crippen molar-refractivity contribution in [2.75, 3.05) is 20.3 Å². The van der Waals surface area contributed by atoms with Crippen LogP contribution < -0.4 is 4.74 Å². The molecule has 1 N–H and O–H groups in total. The fraction of sp³-hybridized carbons (Fsp3) is 0.231. The standard InChI is InChI=1S/C26H24FN3O3/c1-32-24-15-18(6-11-23(24)20-4-2-12-28-16-20)14-19-5-3-13-30-25(19)29-33-26(30,17-31)21-7-9-22(27)10-8-21/h2,4,6-12,14-16,31H,3,5,13,17H2,1H3. The summed E-state index contributed by atoms with van der Waals surface area (Å²) in [6, 6.07) is 15.9. The van der Waals surface area contributed by atoms with E-state index in [9.17, 15) is 9.50 Å². The van der Waals surface area contributed by atoms with Crippen LogP contribution in [0.3, 0.4) is 0 Å². The summed E-state index contributed by atoms with van der Waals surface area (Å²) in [5.74, 6) is 1.11. The number of hydrogen-bond donors (Lipinski definition) is 1. The second-order valence-electron chi connectivity index (χ2n) is 8.08. The second-order valence-corrected chi connectivity index (χ2v) is 8.08. The Morgan fingerprint density at radius 1 is 1.21 bits per heavy atom. The summed E-state index contributed by atoms with van der Waals surface area (Å²) in [6.07, 6.45) is 7.33. The summed E-state index contributed by atoms with van der Waals surface area (Å²) in [7, 11) is 1.65. The summed E-state index contributed by atoms with van der Waals surface area (Å²) in [5.41, 5.74) is 3.45. The number of aromatic nitrogens is 1. The molecule has 0 spiro atoms. The Labute approximate surface area is 191 Å². The lowest BCUT2D eigenvalue weighted by molar-refractivity contribution is -0.137. The van der Waals surface area contributed by atoms with Crippen LogP contribution in [0.2, 0.25) is 0 Å². The van der Waals surface area contributed by atoms with Crippen molar-refractivity contribution in [1.29, 1.82) is 0 Å². The number of piperidine rings is 1. The smallest absolute Gasteiger partial charge is 0.260 e. The first-order valence-corrected chi connectivity index (χ1v) is 10.8. The van der Waals surface area contributed by atoms with E-state index < -0.39 is 5.72 Å². The molecule has 0 amide bonds. The number of amidine groups is 1. The minimum Gasteiger partial charge on any atom is -0.496 e. The maximum atomic E-state index is 13.5. The van der Waals surface area contributed by atoms with Gasteiger partial charge in [-0.2, -0.15) is 0 Å². The number of nitrogens with zero attached hydrogens (tertiary/aromatic N) is 3. The molecule has 0 saturated carbocycles. The molecule has 1 atom stereocenters. The first kappa shape index (κ1) is 21.2. The molecule has 1 fully saturated rings. The first-order chi connectivity index (χ1) is 16.1. The lowest BCUT2D eigenvalue weighted by atomic mass is 9.94. The number of fused-ring (bicyclic) bond motifs is 1. The molecule has 0 radical (unpaired) electrons. The molecule has 1 unspecified atom stereocenters. The summed E-state index contributed by atoms with van der Waals surface area (Å²) >= 11 is 0. The minimum atomic E-state index is -1.15. The Balaban J connectivity index is 1.47. The van der Waals surface area contributed by atoms with Crippen molar-refractivity contribution in [1.82, 2.24) is 9.88 Å². The minimum absolute atomic E-state index is 0.299. The van der Waals surface area contributed by atoms with Gasteiger partial charge < -0.3 is 19.6 Å². The third-order valence-electron chi connectivity index (χ3n) is 6.14. The molecule has 5 rings (SSSR count). The van der Waals surface area contributed by atoms with Gasteiger partial charge in [0.1, 0.15) is 18.2 Å². The Morgan fingerprint density at radius 2 is 2.06 bits per heavy atom. The SMILES string of the molecule is COc1cc(C=C2CCCN3C2=NOC3(CO)c2ccc(F)cc2)ccc1-c1cccnc1. The number of benzene rings is 2. The molecule has 3 aromatic rings. The molecular formula is C26H24FN3O3. The van der Waals surface area contributed by atoms with Crippen LogP contribution >= 0.6 is 0 Å². The van der Waals surface area contributed by atoms with Gasteiger partial charge in [0.05, 0.1) is 7.11 Å². The van der Waals surface area contributed by atoms with Crippen molar-refractivity contribution in [2.45, 2.75) is 18.6 Å². The van der Waals surface area contributed by atoms with E-state index in [1.54, 1.807) is 25.4 Å². The molecule has 1 aromatic heterocycles. The normalized spacial score (nSPS) is 20.9. The third kappa shape index (κ3) is 3.74. The summed E-state index contributed by atoms with van der Waals surface area (Å²) in [5, 5.41) is 14.6. The molecule has 0 aliphatic carbocycles. The fourth-order valence-corrected chi connectivity index (χ4v) is 4.47. The zero-order chi connectivity index (χ0) is 22.8. The predicted octanol–water partition coefficient (Wildman–Crippen LogP) is 4.56. The maximum Gasteiger partial charge on any atom is 0.260 e. The number of halogens is 1. The lowest BCUT2D eigenvalue weighted by Crippen LogP contribution is -2.51. The van der Waals surface area contributed by atoms with Crippen molar-refractivity contribution < 1.29 is 19.1 Å². The van der Waals surface area contributed by atoms with Gasteiger partial charge in [-0.15, -0.1) is 0 Å². The largest absolute Gasteiger partial charge is 0.496 e. The average Bonchev–Trinajstić information content (AvgIpc) is 3.26. The van der Waals surface area contributed by atoms with E-state index in [0.29, 0.717) is 17.9 Å². The zero-order valence-corrected chi connectivity index (χ0v) is 18.2. The van der Waals surface area contributed by atoms with Crippen LogP contribution in [0.4, 0.5) is 4.39 Å². The van der Waals surface area contributed by atoms with E-state index in [-0.39, 0.29) is 12.4 Å². The number of rotatable bonds is 5. The van der Waals surface area contributed by atoms with Crippen molar-refractivity contribution in [3.63, 3.8) is 0 Å². The summed E-state index contributed by atoms with van der Waals surface area (Å²) < 4.78 is 19.1. The number of hydrogen-bond acceptors (Lipinski definition) is 6. The molecule has 2 aromatic carbocycles. The van der Waals surface area contributed by atoms with Gasteiger partial charge in [-0.25, -0.2) is 4.39 Å². The van der Waals surface area contributed by atoms with Crippen LogP contribution in [0.25, 0.3) is 17.2 Å². The number of aliphatic hydroxyl groups is 1. The van der Waals surface area contributed by atoms with E-state index in [0.717, 1.165) is 40.9 Å². The number of pyridine rings is 1. The van der Waals surface area contributed by atoms with E-state index in [1.807, 2.05) is 41.4 Å². The Bertz CT molecular complexity index is 1210. The molecule has 1 saturated heterocycles. The third-order valence-corrected chi connectivity index (χ3v) is 6.14. The monoisotopic (exact) mass is 445 g/mol. The van der Waals surface area contributed by atoms with E-state index in [2.05, 4.69) is 16.2 Å². The van der Waals surface area contributed by atoms with Crippen LogP contribution in [0.5, 0.6) is 5.75 Å². The van der Waals surface area contributed by atoms with Crippen LogP contribution in [-0.4, -0.2) is 41.1 Å². The quantitative estimate of drug-likeness (QED) is 0.624. The zero-order valence-electron chi connectivity index (χ0n) is 18.2. The van der Waals surface area contributed by atoms with Crippen LogP contribution in [-0.2, 0) is 10.6 Å². The highest BCUT2D eigenvalue weighted by molar-refractivity contribution is 6.03. The van der Waals surface area contributed by atoms with Gasteiger partial charge in [-0.1, -0.05) is 23.4 Å². The molecular weight excluding hydrogens is 421 g/mol. The molecule has 2 aliphatic rings. The van der Waals surface area contributed by atoms with Crippen LogP contribution in [0.1, 0.15) is 24.0 Å². The Morgan fingerprint density at radius 3 is 2.79 bits per heavy atom. The van der Waals surface area contributed by atoms with Crippen molar-refractivity contribution in [3.8, 4) is 16.9 Å². The fourth-order valence-electron chi connectivity index (χ4n) is 4.47. The van der Waals surface area contributed by atoms with Gasteiger partial charge in [0.2, 0.25) is 0 Å².